The summed E-state index contributed by atoms with van der Waals surface area (Å²) in [5.41, 5.74) is -2.88. The summed E-state index contributed by atoms with van der Waals surface area (Å²) in [7, 11) is 0. The van der Waals surface area contributed by atoms with Gasteiger partial charge in [0.2, 0.25) is 0 Å². The van der Waals surface area contributed by atoms with Crippen LogP contribution in [-0.2, 0) is 6.18 Å². The van der Waals surface area contributed by atoms with Gasteiger partial charge < -0.3 is 9.63 Å². The quantitative estimate of drug-likeness (QED) is 0.311. The summed E-state index contributed by atoms with van der Waals surface area (Å²) in [6, 6.07) is 10.0. The summed E-state index contributed by atoms with van der Waals surface area (Å²) >= 11 is 18.3. The SMILES string of the molecule is Cc1nn(-c2cccc(Cl)c2)c(C(F)(F)F)c1-c1onc(-c2c(Cl)cccc2Cl)c1C(=O)O. The number of carboxylic acids is 1. The smallest absolute Gasteiger partial charge is 0.434 e. The molecule has 0 amide bonds. The molecule has 12 heteroatoms. The van der Waals surface area contributed by atoms with Gasteiger partial charge in [0.25, 0.3) is 0 Å². The topological polar surface area (TPSA) is 81.2 Å². The first kappa shape index (κ1) is 23.2. The summed E-state index contributed by atoms with van der Waals surface area (Å²) in [5.74, 6) is -2.22. The van der Waals surface area contributed by atoms with Gasteiger partial charge in [0, 0.05) is 10.6 Å². The molecular weight excluding hydrogens is 506 g/mol. The molecule has 2 heterocycles. The summed E-state index contributed by atoms with van der Waals surface area (Å²) in [6.07, 6.45) is -4.94. The van der Waals surface area contributed by atoms with E-state index in [-0.39, 0.29) is 37.7 Å². The molecule has 0 fully saturated rings. The molecule has 0 unspecified atom stereocenters. The maximum Gasteiger partial charge on any atom is 0.434 e. The Morgan fingerprint density at radius 2 is 1.70 bits per heavy atom. The fourth-order valence-electron chi connectivity index (χ4n) is 3.41. The van der Waals surface area contributed by atoms with Crippen LogP contribution < -0.4 is 0 Å². The second-order valence-corrected chi connectivity index (χ2v) is 8.09. The van der Waals surface area contributed by atoms with Crippen LogP contribution in [0.5, 0.6) is 0 Å². The van der Waals surface area contributed by atoms with Gasteiger partial charge in [-0.3, -0.25) is 0 Å². The molecule has 0 spiro atoms. The number of hydrogen-bond donors (Lipinski definition) is 1. The molecule has 0 radical (unpaired) electrons. The third-order valence-corrected chi connectivity index (χ3v) is 5.58. The Kier molecular flexibility index (Phi) is 5.90. The van der Waals surface area contributed by atoms with E-state index in [9.17, 15) is 23.1 Å². The number of alkyl halides is 3. The van der Waals surface area contributed by atoms with Crippen molar-refractivity contribution >= 4 is 40.8 Å². The van der Waals surface area contributed by atoms with Crippen molar-refractivity contribution in [2.45, 2.75) is 13.1 Å². The van der Waals surface area contributed by atoms with Crippen molar-refractivity contribution in [2.24, 2.45) is 0 Å². The van der Waals surface area contributed by atoms with Crippen LogP contribution in [0.25, 0.3) is 28.3 Å². The average Bonchev–Trinajstić information content (AvgIpc) is 3.29. The number of halogens is 6. The lowest BCUT2D eigenvalue weighted by molar-refractivity contribution is -0.142. The van der Waals surface area contributed by atoms with Gasteiger partial charge in [-0.2, -0.15) is 18.3 Å². The van der Waals surface area contributed by atoms with Crippen molar-refractivity contribution in [3.8, 4) is 28.3 Å². The summed E-state index contributed by atoms with van der Waals surface area (Å²) in [4.78, 5) is 12.2. The Bertz CT molecular complexity index is 1380. The fraction of sp³-hybridized carbons (Fsp3) is 0.0952. The molecule has 170 valence electrons. The van der Waals surface area contributed by atoms with Crippen molar-refractivity contribution in [3.63, 3.8) is 0 Å². The minimum absolute atomic E-state index is 0.0154. The standard InChI is InChI=1S/C21H11Cl3F3N3O3/c1-9-14(19(21(25,26)27)30(28-9)11-5-2-4-10(22)8-11)18-16(20(31)32)17(29-33-18)15-12(23)6-3-7-13(15)24/h2-8H,1H3,(H,31,32). The number of carbonyl (C=O) groups is 1. The molecule has 0 saturated carbocycles. The van der Waals surface area contributed by atoms with Gasteiger partial charge in [-0.25, -0.2) is 9.48 Å². The molecule has 6 nitrogen and oxygen atoms in total. The number of rotatable bonds is 4. The van der Waals surface area contributed by atoms with Crippen LogP contribution in [0.3, 0.4) is 0 Å². The van der Waals surface area contributed by atoms with Crippen molar-refractivity contribution in [1.82, 2.24) is 14.9 Å². The average molecular weight is 517 g/mol. The van der Waals surface area contributed by atoms with Gasteiger partial charge in [-0.1, -0.05) is 52.1 Å². The molecule has 2 aromatic heterocycles. The van der Waals surface area contributed by atoms with E-state index in [1.807, 2.05) is 0 Å². The number of carboxylic acid groups (broad SMARTS) is 1. The molecular formula is C21H11Cl3F3N3O3. The van der Waals surface area contributed by atoms with Crippen molar-refractivity contribution < 1.29 is 27.6 Å². The van der Waals surface area contributed by atoms with Crippen molar-refractivity contribution in [2.75, 3.05) is 0 Å². The van der Waals surface area contributed by atoms with E-state index < -0.39 is 34.7 Å². The fourth-order valence-corrected chi connectivity index (χ4v) is 4.17. The monoisotopic (exact) mass is 515 g/mol. The molecule has 4 aromatic rings. The predicted octanol–water partition coefficient (Wildman–Crippen LogP) is 7.18. The number of aryl methyl sites for hydroxylation is 1. The Hall–Kier alpha value is -3.01. The lowest BCUT2D eigenvalue weighted by Crippen LogP contribution is -2.15. The van der Waals surface area contributed by atoms with Crippen LogP contribution in [0.4, 0.5) is 13.2 Å². The zero-order valence-corrected chi connectivity index (χ0v) is 18.7. The van der Waals surface area contributed by atoms with Crippen LogP contribution >= 0.6 is 34.8 Å². The molecule has 0 aliphatic heterocycles. The van der Waals surface area contributed by atoms with Crippen LogP contribution in [0, 0.1) is 6.92 Å². The molecule has 1 N–H and O–H groups in total. The van der Waals surface area contributed by atoms with Gasteiger partial charge in [0.15, 0.2) is 11.5 Å². The number of aromatic carboxylic acids is 1. The molecule has 33 heavy (non-hydrogen) atoms. The molecule has 0 saturated heterocycles. The van der Waals surface area contributed by atoms with E-state index in [0.717, 1.165) is 0 Å². The number of benzene rings is 2. The number of hydrogen-bond acceptors (Lipinski definition) is 4. The Morgan fingerprint density at radius 1 is 1.06 bits per heavy atom. The lowest BCUT2D eigenvalue weighted by Gasteiger charge is -2.12. The minimum Gasteiger partial charge on any atom is -0.477 e. The summed E-state index contributed by atoms with van der Waals surface area (Å²) in [6.45, 7) is 1.29. The van der Waals surface area contributed by atoms with Crippen LogP contribution in [0.2, 0.25) is 15.1 Å². The number of aromatic nitrogens is 3. The third-order valence-electron chi connectivity index (χ3n) is 4.71. The predicted molar refractivity (Wildman–Crippen MR) is 116 cm³/mol. The summed E-state index contributed by atoms with van der Waals surface area (Å²) < 4.78 is 48.5. The Balaban J connectivity index is 2.05. The molecule has 0 aliphatic carbocycles. The zero-order valence-electron chi connectivity index (χ0n) is 16.4. The normalized spacial score (nSPS) is 11.7. The maximum atomic E-state index is 14.2. The highest BCUT2D eigenvalue weighted by Gasteiger charge is 2.43. The molecule has 0 aliphatic rings. The zero-order chi connectivity index (χ0) is 24.1. The van der Waals surface area contributed by atoms with Crippen LogP contribution in [-0.4, -0.2) is 26.0 Å². The highest BCUT2D eigenvalue weighted by atomic mass is 35.5. The molecule has 4 rings (SSSR count). The second-order valence-electron chi connectivity index (χ2n) is 6.84. The highest BCUT2D eigenvalue weighted by molar-refractivity contribution is 6.39. The molecule has 0 atom stereocenters. The van der Waals surface area contributed by atoms with Crippen molar-refractivity contribution in [3.05, 3.63) is 74.5 Å². The maximum absolute atomic E-state index is 14.2. The first-order valence-electron chi connectivity index (χ1n) is 9.11. The van der Waals surface area contributed by atoms with E-state index >= 15 is 0 Å². The van der Waals surface area contributed by atoms with Gasteiger partial charge in [-0.05, 0) is 37.3 Å². The molecule has 0 bridgehead atoms. The van der Waals surface area contributed by atoms with Crippen molar-refractivity contribution in [1.29, 1.82) is 0 Å². The van der Waals surface area contributed by atoms with E-state index in [1.54, 1.807) is 0 Å². The first-order chi connectivity index (χ1) is 15.5. The van der Waals surface area contributed by atoms with Crippen LogP contribution in [0.1, 0.15) is 21.7 Å². The summed E-state index contributed by atoms with van der Waals surface area (Å²) in [5, 5.41) is 17.9. The second kappa shape index (κ2) is 8.40. The van der Waals surface area contributed by atoms with Gasteiger partial charge in [0.1, 0.15) is 11.3 Å². The van der Waals surface area contributed by atoms with Gasteiger partial charge >= 0.3 is 12.1 Å². The minimum atomic E-state index is -4.94. The highest BCUT2D eigenvalue weighted by Crippen LogP contribution is 2.45. The van der Waals surface area contributed by atoms with E-state index in [2.05, 4.69) is 10.3 Å². The molecule has 2 aromatic carbocycles. The first-order valence-corrected chi connectivity index (χ1v) is 10.2. The largest absolute Gasteiger partial charge is 0.477 e. The number of nitrogens with zero attached hydrogens (tertiary/aromatic N) is 3. The van der Waals surface area contributed by atoms with E-state index in [1.165, 1.54) is 49.4 Å². The lowest BCUT2D eigenvalue weighted by atomic mass is 10.0. The Labute approximate surface area is 199 Å². The van der Waals surface area contributed by atoms with Gasteiger partial charge in [0.05, 0.1) is 27.0 Å². The Morgan fingerprint density at radius 3 is 2.27 bits per heavy atom. The van der Waals surface area contributed by atoms with E-state index in [0.29, 0.717) is 4.68 Å². The van der Waals surface area contributed by atoms with E-state index in [4.69, 9.17) is 39.3 Å². The van der Waals surface area contributed by atoms with Gasteiger partial charge in [-0.15, -0.1) is 0 Å². The third kappa shape index (κ3) is 4.07. The van der Waals surface area contributed by atoms with Crippen LogP contribution in [0.15, 0.2) is 47.0 Å².